The van der Waals surface area contributed by atoms with Crippen LogP contribution in [0.4, 0.5) is 5.82 Å². The standard InChI is InChI=1S/C28H37N6O13P/c1-2-3-20(38)44-24-18(43-27(22(24)39)34-13-33-21-25(29)31-12-32-26(21)34)11-42-48(40,41)47-28-19(8-14-4-6-15(36)7-5-14)30-9-17(45-28)23(46-28)16(37)10-35/h4-7,12-13,16-19,22-24,27,30,35-37,39H,2-3,8-11H2,1H3,(H,40,41)(H2,29,31,32). The number of aliphatic hydroxyl groups excluding tert-OH is 3. The molecule has 2 aromatic heterocycles. The number of morpholine rings is 1. The number of benzene rings is 1. The summed E-state index contributed by atoms with van der Waals surface area (Å²) in [4.78, 5) is 35.7. The quantitative estimate of drug-likeness (QED) is 0.0853. The summed E-state index contributed by atoms with van der Waals surface area (Å²) in [5.74, 6) is -2.79. The molecule has 48 heavy (non-hydrogen) atoms. The molecule has 8 N–H and O–H groups in total. The highest BCUT2D eigenvalue weighted by molar-refractivity contribution is 7.47. The van der Waals surface area contributed by atoms with Crippen LogP contribution in [-0.4, -0.2) is 119 Å². The summed E-state index contributed by atoms with van der Waals surface area (Å²) >= 11 is 0. The molecule has 6 rings (SSSR count). The summed E-state index contributed by atoms with van der Waals surface area (Å²) in [7, 11) is -5.14. The van der Waals surface area contributed by atoms with Crippen molar-refractivity contribution in [3.05, 3.63) is 42.5 Å². The van der Waals surface area contributed by atoms with Crippen molar-refractivity contribution in [2.24, 2.45) is 0 Å². The van der Waals surface area contributed by atoms with Gasteiger partial charge in [0.2, 0.25) is 0 Å². The molecule has 2 bridgehead atoms. The van der Waals surface area contributed by atoms with E-state index < -0.39 is 81.9 Å². The molecule has 10 unspecified atom stereocenters. The minimum Gasteiger partial charge on any atom is -0.508 e. The van der Waals surface area contributed by atoms with Crippen LogP contribution in [0, 0.1) is 0 Å². The Morgan fingerprint density at radius 2 is 2.02 bits per heavy atom. The number of phosphoric acid groups is 1. The van der Waals surface area contributed by atoms with Crippen molar-refractivity contribution in [3.63, 3.8) is 0 Å². The number of carbonyl (C=O) groups is 1. The van der Waals surface area contributed by atoms with E-state index >= 15 is 0 Å². The predicted molar refractivity (Wildman–Crippen MR) is 160 cm³/mol. The van der Waals surface area contributed by atoms with Gasteiger partial charge in [0.15, 0.2) is 23.8 Å². The number of fused-ring (bicyclic) bond motifs is 3. The first-order chi connectivity index (χ1) is 22.9. The van der Waals surface area contributed by atoms with Crippen molar-refractivity contribution in [1.29, 1.82) is 0 Å². The topological polar surface area (TPSA) is 272 Å². The zero-order valence-corrected chi connectivity index (χ0v) is 26.5. The third kappa shape index (κ3) is 6.89. The fourth-order valence-electron chi connectivity index (χ4n) is 5.93. The van der Waals surface area contributed by atoms with E-state index in [1.807, 2.05) is 0 Å². The number of imidazole rings is 1. The first kappa shape index (κ1) is 34.5. The van der Waals surface area contributed by atoms with Gasteiger partial charge in [-0.05, 0) is 30.5 Å². The number of aromatic nitrogens is 4. The van der Waals surface area contributed by atoms with E-state index in [0.717, 1.165) is 0 Å². The van der Waals surface area contributed by atoms with E-state index in [0.29, 0.717) is 12.0 Å². The molecule has 1 aromatic carbocycles. The van der Waals surface area contributed by atoms with E-state index in [1.165, 1.54) is 29.4 Å². The van der Waals surface area contributed by atoms with Crippen molar-refractivity contribution in [2.45, 2.75) is 81.1 Å². The van der Waals surface area contributed by atoms with Gasteiger partial charge in [-0.25, -0.2) is 24.0 Å². The number of nitrogens with two attached hydrogens (primary N) is 1. The molecule has 262 valence electrons. The Balaban J connectivity index is 1.22. The number of rotatable bonds is 13. The second kappa shape index (κ2) is 13.9. The number of phosphoric ester groups is 1. The lowest BCUT2D eigenvalue weighted by Crippen LogP contribution is -2.59. The van der Waals surface area contributed by atoms with E-state index in [2.05, 4.69) is 20.3 Å². The Morgan fingerprint density at radius 3 is 2.75 bits per heavy atom. The van der Waals surface area contributed by atoms with Crippen LogP contribution in [0.5, 0.6) is 5.75 Å². The Labute approximate surface area is 273 Å². The molecule has 0 saturated carbocycles. The fraction of sp³-hybridized carbons (Fsp3) is 0.571. The number of carbonyl (C=O) groups excluding carboxylic acids is 1. The maximum atomic E-state index is 13.6. The minimum atomic E-state index is -5.14. The highest BCUT2D eigenvalue weighted by atomic mass is 31.2. The van der Waals surface area contributed by atoms with Gasteiger partial charge in [0, 0.05) is 13.0 Å². The summed E-state index contributed by atoms with van der Waals surface area (Å²) in [6.07, 6.45) is -5.64. The molecule has 10 atom stereocenters. The van der Waals surface area contributed by atoms with Gasteiger partial charge < -0.3 is 55.3 Å². The molecule has 19 nitrogen and oxygen atoms in total. The molecule has 3 aromatic rings. The number of esters is 1. The summed E-state index contributed by atoms with van der Waals surface area (Å²) in [6.45, 7) is 0.519. The van der Waals surface area contributed by atoms with Crippen molar-refractivity contribution in [3.8, 4) is 5.75 Å². The zero-order chi connectivity index (χ0) is 34.2. The Kier molecular flexibility index (Phi) is 9.99. The highest BCUT2D eigenvalue weighted by Gasteiger charge is 2.62. The van der Waals surface area contributed by atoms with Crippen LogP contribution in [0.2, 0.25) is 0 Å². The average Bonchev–Trinajstić information content (AvgIpc) is 3.71. The summed E-state index contributed by atoms with van der Waals surface area (Å²) in [5.41, 5.74) is 7.02. The van der Waals surface area contributed by atoms with Gasteiger partial charge in [0.1, 0.15) is 48.1 Å². The number of hydrogen-bond acceptors (Lipinski definition) is 17. The van der Waals surface area contributed by atoms with Crippen molar-refractivity contribution >= 4 is 30.8 Å². The van der Waals surface area contributed by atoms with E-state index in [-0.39, 0.29) is 42.1 Å². The van der Waals surface area contributed by atoms with Crippen LogP contribution in [-0.2, 0) is 43.8 Å². The van der Waals surface area contributed by atoms with E-state index in [1.54, 1.807) is 19.1 Å². The number of anilines is 1. The smallest absolute Gasteiger partial charge is 0.476 e. The Morgan fingerprint density at radius 1 is 1.25 bits per heavy atom. The average molecular weight is 697 g/mol. The second-order valence-corrected chi connectivity index (χ2v) is 13.0. The maximum absolute atomic E-state index is 13.6. The van der Waals surface area contributed by atoms with Gasteiger partial charge in [-0.15, -0.1) is 0 Å². The molecule has 3 aliphatic heterocycles. The van der Waals surface area contributed by atoms with Crippen molar-refractivity contribution in [1.82, 2.24) is 24.8 Å². The number of nitrogens with one attached hydrogen (secondary N) is 1. The molecule has 3 aliphatic rings. The minimum absolute atomic E-state index is 0.0351. The molecular formula is C28H37N6O13P. The van der Waals surface area contributed by atoms with Crippen molar-refractivity contribution in [2.75, 3.05) is 25.5 Å². The summed E-state index contributed by atoms with van der Waals surface area (Å²) in [6, 6.07) is 5.25. The molecule has 3 saturated heterocycles. The zero-order valence-electron chi connectivity index (χ0n) is 25.6. The molecule has 0 amide bonds. The Bertz CT molecular complexity index is 1650. The monoisotopic (exact) mass is 696 g/mol. The number of nitrogen functional groups attached to an aromatic ring is 1. The molecular weight excluding hydrogens is 659 g/mol. The number of phenolic OH excluding ortho intramolecular Hbond substituents is 1. The van der Waals surface area contributed by atoms with Gasteiger partial charge in [0.05, 0.1) is 25.6 Å². The molecule has 0 spiro atoms. The van der Waals surface area contributed by atoms with Crippen LogP contribution in [0.1, 0.15) is 31.6 Å². The van der Waals surface area contributed by atoms with Gasteiger partial charge in [0.25, 0.3) is 0 Å². The van der Waals surface area contributed by atoms with Crippen LogP contribution in [0.25, 0.3) is 11.2 Å². The van der Waals surface area contributed by atoms with Crippen LogP contribution in [0.15, 0.2) is 36.9 Å². The molecule has 20 heteroatoms. The van der Waals surface area contributed by atoms with Crippen LogP contribution < -0.4 is 11.1 Å². The predicted octanol–water partition coefficient (Wildman–Crippen LogP) is -0.777. The number of aliphatic hydroxyl groups is 3. The molecule has 0 aliphatic carbocycles. The lowest BCUT2D eigenvalue weighted by Gasteiger charge is -2.39. The lowest BCUT2D eigenvalue weighted by molar-refractivity contribution is -0.332. The normalized spacial score (nSPS) is 31.9. The molecule has 5 heterocycles. The second-order valence-electron chi connectivity index (χ2n) is 11.6. The van der Waals surface area contributed by atoms with Gasteiger partial charge in [-0.1, -0.05) is 19.1 Å². The third-order valence-corrected chi connectivity index (χ3v) is 9.21. The highest BCUT2D eigenvalue weighted by Crippen LogP contribution is 2.53. The number of hydrogen-bond donors (Lipinski definition) is 7. The van der Waals surface area contributed by atoms with Gasteiger partial charge >= 0.3 is 19.8 Å². The Hall–Kier alpha value is -3.33. The number of nitrogens with zero attached hydrogens (tertiary/aromatic N) is 4. The number of aromatic hydroxyl groups is 1. The molecule has 0 radical (unpaired) electrons. The SMILES string of the molecule is CCCC(=O)OC1C(COP(=O)(O)OC23OC(CNC2Cc2ccc(O)cc2)C(C(O)CO)O3)OC(n2cnc3c(N)ncnc32)C1O. The van der Waals surface area contributed by atoms with E-state index in [9.17, 15) is 34.7 Å². The van der Waals surface area contributed by atoms with Crippen molar-refractivity contribution < 1.29 is 62.7 Å². The van der Waals surface area contributed by atoms with Gasteiger partial charge in [-0.3, -0.25) is 13.9 Å². The fourth-order valence-corrected chi connectivity index (χ4v) is 6.86. The molecule has 3 fully saturated rings. The van der Waals surface area contributed by atoms with Gasteiger partial charge in [-0.2, -0.15) is 0 Å². The first-order valence-corrected chi connectivity index (χ1v) is 16.7. The van der Waals surface area contributed by atoms with Crippen LogP contribution in [0.3, 0.4) is 0 Å². The lowest BCUT2D eigenvalue weighted by atomic mass is 10.0. The summed E-state index contributed by atoms with van der Waals surface area (Å²) < 4.78 is 49.2. The summed E-state index contributed by atoms with van der Waals surface area (Å²) in [5, 5.41) is 44.0. The third-order valence-electron chi connectivity index (χ3n) is 8.25. The van der Waals surface area contributed by atoms with E-state index in [4.69, 9.17) is 33.7 Å². The number of ether oxygens (including phenoxy) is 4. The maximum Gasteiger partial charge on any atom is 0.476 e. The number of phenols is 1. The van der Waals surface area contributed by atoms with Crippen LogP contribution >= 0.6 is 7.82 Å². The largest absolute Gasteiger partial charge is 0.508 e. The first-order valence-electron chi connectivity index (χ1n) is 15.2.